The molecule has 0 bridgehead atoms. The molecule has 0 aliphatic rings. The van der Waals surface area contributed by atoms with Gasteiger partial charge in [0.15, 0.2) is 0 Å². The molecule has 1 aromatic rings. The maximum Gasteiger partial charge on any atom is 0.127 e. The van der Waals surface area contributed by atoms with Crippen molar-refractivity contribution >= 4 is 0 Å². The molecule has 0 spiro atoms. The summed E-state index contributed by atoms with van der Waals surface area (Å²) in [6.45, 7) is 4.72. The average molecular weight is 209 g/mol. The van der Waals surface area contributed by atoms with E-state index in [0.29, 0.717) is 6.61 Å². The lowest BCUT2D eigenvalue weighted by molar-refractivity contribution is 0.310. The lowest BCUT2D eigenvalue weighted by atomic mass is 10.1. The fourth-order valence-corrected chi connectivity index (χ4v) is 1.35. The minimum atomic E-state index is -0.0252. The van der Waals surface area contributed by atoms with Crippen LogP contribution in [0.15, 0.2) is 18.2 Å². The molecule has 0 radical (unpaired) electrons. The first kappa shape index (κ1) is 11.9. The normalized spacial score (nSPS) is 12.3. The van der Waals surface area contributed by atoms with Crippen LogP contribution in [-0.2, 0) is 0 Å². The van der Waals surface area contributed by atoms with E-state index >= 15 is 0 Å². The minimum Gasteiger partial charge on any atom is -0.497 e. The van der Waals surface area contributed by atoms with E-state index < -0.39 is 0 Å². The van der Waals surface area contributed by atoms with Gasteiger partial charge in [0.05, 0.1) is 13.7 Å². The van der Waals surface area contributed by atoms with Crippen molar-refractivity contribution in [2.24, 2.45) is 5.73 Å². The SMILES string of the molecule is CCCOc1cc(OC)ccc1[C@H](C)N. The first-order chi connectivity index (χ1) is 7.19. The summed E-state index contributed by atoms with van der Waals surface area (Å²) in [5.74, 6) is 1.62. The zero-order valence-electron chi connectivity index (χ0n) is 9.62. The first-order valence-electron chi connectivity index (χ1n) is 5.25. The van der Waals surface area contributed by atoms with Crippen molar-refractivity contribution in [1.29, 1.82) is 0 Å². The predicted molar refractivity (Wildman–Crippen MR) is 61.4 cm³/mol. The van der Waals surface area contributed by atoms with Gasteiger partial charge in [-0.05, 0) is 19.4 Å². The Labute approximate surface area is 91.2 Å². The van der Waals surface area contributed by atoms with E-state index in [-0.39, 0.29) is 6.04 Å². The Hall–Kier alpha value is -1.22. The van der Waals surface area contributed by atoms with E-state index in [1.165, 1.54) is 0 Å². The Morgan fingerprint density at radius 3 is 2.67 bits per heavy atom. The molecule has 0 aromatic heterocycles. The Morgan fingerprint density at radius 1 is 1.40 bits per heavy atom. The Balaban J connectivity index is 2.94. The van der Waals surface area contributed by atoms with Crippen molar-refractivity contribution in [3.05, 3.63) is 23.8 Å². The molecule has 0 aliphatic carbocycles. The molecule has 84 valence electrons. The van der Waals surface area contributed by atoms with Crippen LogP contribution in [0, 0.1) is 0 Å². The average Bonchev–Trinajstić information content (AvgIpc) is 2.25. The van der Waals surface area contributed by atoms with Gasteiger partial charge in [-0.25, -0.2) is 0 Å². The molecule has 0 fully saturated rings. The van der Waals surface area contributed by atoms with Gasteiger partial charge in [0, 0.05) is 17.7 Å². The highest BCUT2D eigenvalue weighted by Gasteiger charge is 2.09. The number of hydrogen-bond acceptors (Lipinski definition) is 3. The van der Waals surface area contributed by atoms with Gasteiger partial charge in [-0.3, -0.25) is 0 Å². The minimum absolute atomic E-state index is 0.0252. The Kier molecular flexibility index (Phi) is 4.43. The summed E-state index contributed by atoms with van der Waals surface area (Å²) < 4.78 is 10.8. The highest BCUT2D eigenvalue weighted by molar-refractivity contribution is 5.42. The molecule has 15 heavy (non-hydrogen) atoms. The standard InChI is InChI=1S/C12H19NO2/c1-4-7-15-12-8-10(14-3)5-6-11(12)9(2)13/h5-6,8-9H,4,7,13H2,1-3H3/t9-/m0/s1. The quantitative estimate of drug-likeness (QED) is 0.810. The van der Waals surface area contributed by atoms with Crippen molar-refractivity contribution in [2.45, 2.75) is 26.3 Å². The van der Waals surface area contributed by atoms with Crippen molar-refractivity contribution in [3.8, 4) is 11.5 Å². The second kappa shape index (κ2) is 5.61. The van der Waals surface area contributed by atoms with E-state index in [4.69, 9.17) is 15.2 Å². The van der Waals surface area contributed by atoms with Crippen LogP contribution in [0.1, 0.15) is 31.9 Å². The highest BCUT2D eigenvalue weighted by atomic mass is 16.5. The van der Waals surface area contributed by atoms with Gasteiger partial charge in [0.25, 0.3) is 0 Å². The van der Waals surface area contributed by atoms with E-state index in [2.05, 4.69) is 6.92 Å². The Bertz CT molecular complexity index is 310. The molecule has 3 nitrogen and oxygen atoms in total. The molecule has 3 heteroatoms. The first-order valence-corrected chi connectivity index (χ1v) is 5.25. The monoisotopic (exact) mass is 209 g/mol. The summed E-state index contributed by atoms with van der Waals surface area (Å²) in [5, 5.41) is 0. The number of methoxy groups -OCH3 is 1. The van der Waals surface area contributed by atoms with Gasteiger partial charge < -0.3 is 15.2 Å². The molecule has 0 saturated heterocycles. The molecule has 1 atom stereocenters. The Morgan fingerprint density at radius 2 is 2.13 bits per heavy atom. The van der Waals surface area contributed by atoms with E-state index in [1.807, 2.05) is 25.1 Å². The van der Waals surface area contributed by atoms with E-state index in [0.717, 1.165) is 23.5 Å². The van der Waals surface area contributed by atoms with Crippen LogP contribution < -0.4 is 15.2 Å². The molecular formula is C12H19NO2. The van der Waals surface area contributed by atoms with Crippen LogP contribution in [-0.4, -0.2) is 13.7 Å². The van der Waals surface area contributed by atoms with Gasteiger partial charge in [-0.2, -0.15) is 0 Å². The van der Waals surface area contributed by atoms with Crippen LogP contribution in [0.2, 0.25) is 0 Å². The van der Waals surface area contributed by atoms with Crippen molar-refractivity contribution in [2.75, 3.05) is 13.7 Å². The van der Waals surface area contributed by atoms with Crippen LogP contribution in [0.25, 0.3) is 0 Å². The molecule has 0 unspecified atom stereocenters. The number of nitrogens with two attached hydrogens (primary N) is 1. The third-order valence-corrected chi connectivity index (χ3v) is 2.17. The summed E-state index contributed by atoms with van der Waals surface area (Å²) in [5.41, 5.74) is 6.87. The second-order valence-electron chi connectivity index (χ2n) is 3.54. The van der Waals surface area contributed by atoms with Crippen LogP contribution in [0.5, 0.6) is 11.5 Å². The van der Waals surface area contributed by atoms with E-state index in [1.54, 1.807) is 7.11 Å². The second-order valence-corrected chi connectivity index (χ2v) is 3.54. The third-order valence-electron chi connectivity index (χ3n) is 2.17. The molecule has 1 aromatic carbocycles. The number of ether oxygens (including phenoxy) is 2. The maximum absolute atomic E-state index is 5.86. The van der Waals surface area contributed by atoms with Gasteiger partial charge >= 0.3 is 0 Å². The molecular weight excluding hydrogens is 190 g/mol. The summed E-state index contributed by atoms with van der Waals surface area (Å²) in [6, 6.07) is 5.71. The van der Waals surface area contributed by atoms with Gasteiger partial charge in [-0.1, -0.05) is 13.0 Å². The molecule has 2 N–H and O–H groups in total. The van der Waals surface area contributed by atoms with Crippen molar-refractivity contribution in [3.63, 3.8) is 0 Å². The molecule has 0 saturated carbocycles. The molecule has 0 amide bonds. The molecule has 0 heterocycles. The van der Waals surface area contributed by atoms with Crippen LogP contribution in [0.4, 0.5) is 0 Å². The highest BCUT2D eigenvalue weighted by Crippen LogP contribution is 2.28. The third kappa shape index (κ3) is 3.13. The summed E-state index contributed by atoms with van der Waals surface area (Å²) in [7, 11) is 1.64. The van der Waals surface area contributed by atoms with Crippen molar-refractivity contribution in [1.82, 2.24) is 0 Å². The topological polar surface area (TPSA) is 44.5 Å². The number of rotatable bonds is 5. The summed E-state index contributed by atoms with van der Waals surface area (Å²) >= 11 is 0. The van der Waals surface area contributed by atoms with Crippen LogP contribution in [0.3, 0.4) is 0 Å². The lowest BCUT2D eigenvalue weighted by Gasteiger charge is -2.14. The van der Waals surface area contributed by atoms with E-state index in [9.17, 15) is 0 Å². The summed E-state index contributed by atoms with van der Waals surface area (Å²) in [4.78, 5) is 0. The van der Waals surface area contributed by atoms with Gasteiger partial charge in [-0.15, -0.1) is 0 Å². The lowest BCUT2D eigenvalue weighted by Crippen LogP contribution is -2.08. The fraction of sp³-hybridized carbons (Fsp3) is 0.500. The molecule has 1 rings (SSSR count). The van der Waals surface area contributed by atoms with Crippen LogP contribution >= 0.6 is 0 Å². The maximum atomic E-state index is 5.86. The summed E-state index contributed by atoms with van der Waals surface area (Å²) in [6.07, 6.45) is 0.982. The zero-order chi connectivity index (χ0) is 11.3. The largest absolute Gasteiger partial charge is 0.497 e. The van der Waals surface area contributed by atoms with Gasteiger partial charge in [0.1, 0.15) is 11.5 Å². The molecule has 0 aliphatic heterocycles. The zero-order valence-corrected chi connectivity index (χ0v) is 9.62. The smallest absolute Gasteiger partial charge is 0.127 e. The number of benzene rings is 1. The number of hydrogen-bond donors (Lipinski definition) is 1. The van der Waals surface area contributed by atoms with Gasteiger partial charge in [0.2, 0.25) is 0 Å². The fourth-order valence-electron chi connectivity index (χ4n) is 1.35. The van der Waals surface area contributed by atoms with Crippen molar-refractivity contribution < 1.29 is 9.47 Å². The predicted octanol–water partition coefficient (Wildman–Crippen LogP) is 2.50.